The predicted molar refractivity (Wildman–Crippen MR) is 78.2 cm³/mol. The fourth-order valence-electron chi connectivity index (χ4n) is 2.73. The molecule has 2 rings (SSSR count). The number of hydrogen-bond donors (Lipinski definition) is 2. The van der Waals surface area contributed by atoms with Gasteiger partial charge in [-0.05, 0) is 31.2 Å². The minimum absolute atomic E-state index is 0.210. The third-order valence-electron chi connectivity index (χ3n) is 4.09. The number of H-pyrrole nitrogens is 1. The highest BCUT2D eigenvalue weighted by Gasteiger charge is 2.31. The largest absolute Gasteiger partial charge is 0.339 e. The van der Waals surface area contributed by atoms with Crippen LogP contribution in [0.1, 0.15) is 51.8 Å². The van der Waals surface area contributed by atoms with Crippen molar-refractivity contribution in [3.8, 4) is 0 Å². The first-order valence-corrected chi connectivity index (χ1v) is 7.53. The lowest BCUT2D eigenvalue weighted by atomic mass is 9.82. The van der Waals surface area contributed by atoms with Crippen LogP contribution in [0.4, 0.5) is 5.95 Å². The second-order valence-corrected chi connectivity index (χ2v) is 6.08. The average molecular weight is 265 g/mol. The molecule has 3 N–H and O–H groups in total. The standard InChI is InChI=1S/C14H27N5/c1-3-4-5-7-12-16-13(18-17-12)19-9-6-8-14(2,10-15)11-19/h3-11,15H2,1-2H3,(H,16,17,18). The van der Waals surface area contributed by atoms with E-state index in [1.165, 1.54) is 32.1 Å². The molecule has 0 aliphatic carbocycles. The monoisotopic (exact) mass is 265 g/mol. The highest BCUT2D eigenvalue weighted by molar-refractivity contribution is 5.30. The van der Waals surface area contributed by atoms with Crippen molar-refractivity contribution in [2.75, 3.05) is 24.5 Å². The Labute approximate surface area is 116 Å². The van der Waals surface area contributed by atoms with E-state index >= 15 is 0 Å². The topological polar surface area (TPSA) is 70.8 Å². The normalized spacial score (nSPS) is 23.8. The Balaban J connectivity index is 1.94. The van der Waals surface area contributed by atoms with Gasteiger partial charge in [0.05, 0.1) is 0 Å². The molecule has 1 aromatic rings. The zero-order chi connectivity index (χ0) is 13.7. The number of rotatable bonds is 6. The van der Waals surface area contributed by atoms with Gasteiger partial charge in [-0.3, -0.25) is 5.10 Å². The Kier molecular flexibility index (Phi) is 4.80. The van der Waals surface area contributed by atoms with E-state index in [9.17, 15) is 0 Å². The van der Waals surface area contributed by atoms with Crippen LogP contribution >= 0.6 is 0 Å². The van der Waals surface area contributed by atoms with Crippen molar-refractivity contribution >= 4 is 5.95 Å². The first-order chi connectivity index (χ1) is 9.17. The van der Waals surface area contributed by atoms with E-state index in [0.29, 0.717) is 0 Å². The van der Waals surface area contributed by atoms with Crippen LogP contribution in [0.15, 0.2) is 0 Å². The molecule has 5 nitrogen and oxygen atoms in total. The summed E-state index contributed by atoms with van der Waals surface area (Å²) >= 11 is 0. The Hall–Kier alpha value is -1.10. The molecular formula is C14H27N5. The molecule has 108 valence electrons. The van der Waals surface area contributed by atoms with E-state index < -0.39 is 0 Å². The van der Waals surface area contributed by atoms with Gasteiger partial charge in [0, 0.05) is 19.5 Å². The number of aromatic amines is 1. The zero-order valence-corrected chi connectivity index (χ0v) is 12.3. The molecule has 0 radical (unpaired) electrons. The molecule has 19 heavy (non-hydrogen) atoms. The molecule has 1 unspecified atom stereocenters. The van der Waals surface area contributed by atoms with Crippen LogP contribution in [0, 0.1) is 5.41 Å². The first-order valence-electron chi connectivity index (χ1n) is 7.53. The number of hydrogen-bond acceptors (Lipinski definition) is 4. The van der Waals surface area contributed by atoms with Crippen molar-refractivity contribution < 1.29 is 0 Å². The van der Waals surface area contributed by atoms with Gasteiger partial charge >= 0.3 is 0 Å². The summed E-state index contributed by atoms with van der Waals surface area (Å²) in [5, 5.41) is 7.44. The van der Waals surface area contributed by atoms with Crippen molar-refractivity contribution in [3.05, 3.63) is 5.82 Å². The Morgan fingerprint density at radius 2 is 2.26 bits per heavy atom. The van der Waals surface area contributed by atoms with Gasteiger partial charge in [-0.2, -0.15) is 4.98 Å². The number of piperidine rings is 1. The molecular weight excluding hydrogens is 238 g/mol. The molecule has 0 amide bonds. The summed E-state index contributed by atoms with van der Waals surface area (Å²) in [5.41, 5.74) is 6.10. The molecule has 1 aliphatic heterocycles. The first kappa shape index (κ1) is 14.3. The van der Waals surface area contributed by atoms with Crippen molar-refractivity contribution in [2.45, 2.75) is 52.4 Å². The lowest BCUT2D eigenvalue weighted by Crippen LogP contribution is -2.46. The Morgan fingerprint density at radius 3 is 3.00 bits per heavy atom. The van der Waals surface area contributed by atoms with Crippen LogP contribution in [0.3, 0.4) is 0 Å². The fourth-order valence-corrected chi connectivity index (χ4v) is 2.73. The average Bonchev–Trinajstić information content (AvgIpc) is 2.88. The van der Waals surface area contributed by atoms with Crippen LogP contribution in [0.5, 0.6) is 0 Å². The number of nitrogens with zero attached hydrogens (tertiary/aromatic N) is 3. The summed E-state index contributed by atoms with van der Waals surface area (Å²) < 4.78 is 0. The van der Waals surface area contributed by atoms with E-state index in [2.05, 4.69) is 33.9 Å². The van der Waals surface area contributed by atoms with Gasteiger partial charge in [-0.1, -0.05) is 26.7 Å². The molecule has 1 aliphatic rings. The number of aryl methyl sites for hydroxylation is 1. The van der Waals surface area contributed by atoms with E-state index in [1.54, 1.807) is 0 Å². The third kappa shape index (κ3) is 3.69. The molecule has 1 atom stereocenters. The summed E-state index contributed by atoms with van der Waals surface area (Å²) in [6, 6.07) is 0. The van der Waals surface area contributed by atoms with Gasteiger partial charge in [0.1, 0.15) is 5.82 Å². The molecule has 1 fully saturated rings. The smallest absolute Gasteiger partial charge is 0.244 e. The maximum Gasteiger partial charge on any atom is 0.244 e. The number of aromatic nitrogens is 3. The second kappa shape index (κ2) is 6.37. The molecule has 0 aromatic carbocycles. The Morgan fingerprint density at radius 1 is 1.42 bits per heavy atom. The number of nitrogens with two attached hydrogens (primary N) is 1. The van der Waals surface area contributed by atoms with E-state index in [0.717, 1.165) is 37.8 Å². The van der Waals surface area contributed by atoms with Crippen LogP contribution in [0.2, 0.25) is 0 Å². The SMILES string of the molecule is CCCCCc1nc(N2CCCC(C)(CN)C2)n[nH]1. The molecule has 2 heterocycles. The van der Waals surface area contributed by atoms with Crippen molar-refractivity contribution in [3.63, 3.8) is 0 Å². The summed E-state index contributed by atoms with van der Waals surface area (Å²) in [6.45, 7) is 7.22. The van der Waals surface area contributed by atoms with Gasteiger partial charge in [0.25, 0.3) is 0 Å². The van der Waals surface area contributed by atoms with Crippen LogP contribution in [-0.2, 0) is 6.42 Å². The van der Waals surface area contributed by atoms with Gasteiger partial charge in [-0.25, -0.2) is 0 Å². The van der Waals surface area contributed by atoms with Crippen LogP contribution in [-0.4, -0.2) is 34.8 Å². The minimum Gasteiger partial charge on any atom is -0.339 e. The summed E-state index contributed by atoms with van der Waals surface area (Å²) in [4.78, 5) is 6.90. The highest BCUT2D eigenvalue weighted by Crippen LogP contribution is 2.29. The molecule has 0 bridgehead atoms. The second-order valence-electron chi connectivity index (χ2n) is 6.08. The lowest BCUT2D eigenvalue weighted by molar-refractivity contribution is 0.270. The molecule has 5 heteroatoms. The quantitative estimate of drug-likeness (QED) is 0.773. The van der Waals surface area contributed by atoms with Gasteiger partial charge in [-0.15, -0.1) is 5.10 Å². The van der Waals surface area contributed by atoms with E-state index in [4.69, 9.17) is 5.73 Å². The number of anilines is 1. The zero-order valence-electron chi connectivity index (χ0n) is 12.3. The maximum absolute atomic E-state index is 5.89. The summed E-state index contributed by atoms with van der Waals surface area (Å²) in [5.74, 6) is 1.87. The van der Waals surface area contributed by atoms with Crippen molar-refractivity contribution in [1.29, 1.82) is 0 Å². The lowest BCUT2D eigenvalue weighted by Gasteiger charge is -2.39. The van der Waals surface area contributed by atoms with E-state index in [-0.39, 0.29) is 5.41 Å². The van der Waals surface area contributed by atoms with E-state index in [1.807, 2.05) is 0 Å². The predicted octanol–water partition coefficient (Wildman–Crippen LogP) is 2.10. The number of nitrogens with one attached hydrogen (secondary N) is 1. The van der Waals surface area contributed by atoms with Gasteiger partial charge in [0.15, 0.2) is 0 Å². The third-order valence-corrected chi connectivity index (χ3v) is 4.09. The van der Waals surface area contributed by atoms with Crippen LogP contribution in [0.25, 0.3) is 0 Å². The van der Waals surface area contributed by atoms with Gasteiger partial charge < -0.3 is 10.6 Å². The summed E-state index contributed by atoms with van der Waals surface area (Å²) in [6.07, 6.45) is 7.06. The summed E-state index contributed by atoms with van der Waals surface area (Å²) in [7, 11) is 0. The molecule has 0 saturated carbocycles. The van der Waals surface area contributed by atoms with Crippen LogP contribution < -0.4 is 10.6 Å². The van der Waals surface area contributed by atoms with Crippen molar-refractivity contribution in [2.24, 2.45) is 11.1 Å². The molecule has 0 spiro atoms. The minimum atomic E-state index is 0.210. The highest BCUT2D eigenvalue weighted by atomic mass is 15.4. The van der Waals surface area contributed by atoms with Crippen molar-refractivity contribution in [1.82, 2.24) is 15.2 Å². The Bertz CT molecular complexity index is 389. The molecule has 1 aromatic heterocycles. The number of unbranched alkanes of at least 4 members (excludes halogenated alkanes) is 2. The molecule has 1 saturated heterocycles. The maximum atomic E-state index is 5.89. The fraction of sp³-hybridized carbons (Fsp3) is 0.857. The van der Waals surface area contributed by atoms with Gasteiger partial charge in [0.2, 0.25) is 5.95 Å².